The van der Waals surface area contributed by atoms with E-state index < -0.39 is 10.0 Å². The largest absolute Gasteiger partial charge is 0.468 e. The van der Waals surface area contributed by atoms with Crippen molar-refractivity contribution in [2.45, 2.75) is 10.9 Å². The van der Waals surface area contributed by atoms with Gasteiger partial charge in [-0.1, -0.05) is 30.3 Å². The Morgan fingerprint density at radius 3 is 2.46 bits per heavy atom. The van der Waals surface area contributed by atoms with Crippen molar-refractivity contribution >= 4 is 20.8 Å². The van der Waals surface area contributed by atoms with Gasteiger partial charge in [-0.2, -0.15) is 0 Å². The van der Waals surface area contributed by atoms with Crippen LogP contribution < -0.4 is 4.72 Å². The van der Waals surface area contributed by atoms with E-state index in [0.717, 1.165) is 16.5 Å². The minimum Gasteiger partial charge on any atom is -0.468 e. The number of benzene rings is 2. The van der Waals surface area contributed by atoms with Gasteiger partial charge in [0.1, 0.15) is 5.76 Å². The van der Waals surface area contributed by atoms with Gasteiger partial charge in [-0.15, -0.1) is 0 Å². The van der Waals surface area contributed by atoms with Crippen LogP contribution in [0.5, 0.6) is 0 Å². The molecule has 0 aliphatic rings. The van der Waals surface area contributed by atoms with Crippen molar-refractivity contribution in [2.24, 2.45) is 0 Å². The Labute approximate surface area is 141 Å². The lowest BCUT2D eigenvalue weighted by atomic mass is 10.1. The Morgan fingerprint density at radius 2 is 1.79 bits per heavy atom. The van der Waals surface area contributed by atoms with Gasteiger partial charge in [-0.05, 0) is 49.1 Å². The highest BCUT2D eigenvalue weighted by atomic mass is 32.2. The highest BCUT2D eigenvalue weighted by molar-refractivity contribution is 7.89. The fourth-order valence-electron chi connectivity index (χ4n) is 2.63. The van der Waals surface area contributed by atoms with E-state index in [1.807, 2.05) is 55.4 Å². The Balaban J connectivity index is 1.82. The van der Waals surface area contributed by atoms with Crippen molar-refractivity contribution in [3.63, 3.8) is 0 Å². The molecule has 3 aromatic rings. The monoisotopic (exact) mass is 344 g/mol. The Bertz CT molecular complexity index is 918. The number of hydrogen-bond acceptors (Lipinski definition) is 4. The van der Waals surface area contributed by atoms with Crippen molar-refractivity contribution in [3.05, 3.63) is 66.6 Å². The number of sulfonamides is 1. The summed E-state index contributed by atoms with van der Waals surface area (Å²) in [4.78, 5) is 2.18. The first-order valence-electron chi connectivity index (χ1n) is 7.66. The van der Waals surface area contributed by atoms with E-state index in [1.165, 1.54) is 0 Å². The van der Waals surface area contributed by atoms with Crippen molar-refractivity contribution in [3.8, 4) is 0 Å². The second-order valence-electron chi connectivity index (χ2n) is 5.86. The van der Waals surface area contributed by atoms with Crippen molar-refractivity contribution in [1.82, 2.24) is 9.62 Å². The molecule has 0 aliphatic heterocycles. The minimum absolute atomic E-state index is 0.171. The van der Waals surface area contributed by atoms with Crippen LogP contribution in [-0.4, -0.2) is 34.0 Å². The standard InChI is InChI=1S/C18H20N2O3S/c1-20(2)17(18-8-5-11-23-18)13-19-24(21,22)16-10-9-14-6-3-4-7-15(14)12-16/h3-12,17,19H,13H2,1-2H3/t17-/m0/s1. The molecule has 1 aromatic heterocycles. The van der Waals surface area contributed by atoms with Gasteiger partial charge in [0.05, 0.1) is 17.2 Å². The number of likely N-dealkylation sites (N-methyl/N-ethyl adjacent to an activating group) is 1. The number of nitrogens with zero attached hydrogens (tertiary/aromatic N) is 1. The predicted octanol–water partition coefficient (Wildman–Crippen LogP) is 3.01. The van der Waals surface area contributed by atoms with Gasteiger partial charge in [0.25, 0.3) is 0 Å². The summed E-state index contributed by atoms with van der Waals surface area (Å²) >= 11 is 0. The van der Waals surface area contributed by atoms with Crippen LogP contribution in [0.25, 0.3) is 10.8 Å². The average Bonchev–Trinajstić information content (AvgIpc) is 3.08. The van der Waals surface area contributed by atoms with E-state index in [2.05, 4.69) is 4.72 Å². The number of hydrogen-bond donors (Lipinski definition) is 1. The highest BCUT2D eigenvalue weighted by Crippen LogP contribution is 2.21. The lowest BCUT2D eigenvalue weighted by Gasteiger charge is -2.22. The minimum atomic E-state index is -3.59. The van der Waals surface area contributed by atoms with Crippen molar-refractivity contribution < 1.29 is 12.8 Å². The van der Waals surface area contributed by atoms with Gasteiger partial charge < -0.3 is 4.42 Å². The SMILES string of the molecule is CN(C)[C@@H](CNS(=O)(=O)c1ccc2ccccc2c1)c1ccco1. The number of nitrogens with one attached hydrogen (secondary N) is 1. The molecule has 126 valence electrons. The van der Waals surface area contributed by atoms with E-state index >= 15 is 0 Å². The first-order valence-corrected chi connectivity index (χ1v) is 9.14. The third-order valence-electron chi connectivity index (χ3n) is 3.99. The molecular weight excluding hydrogens is 324 g/mol. The molecule has 24 heavy (non-hydrogen) atoms. The second-order valence-corrected chi connectivity index (χ2v) is 7.62. The van der Waals surface area contributed by atoms with Crippen LogP contribution in [0.2, 0.25) is 0 Å². The molecule has 0 amide bonds. The molecule has 1 N–H and O–H groups in total. The number of fused-ring (bicyclic) bond motifs is 1. The molecule has 6 heteroatoms. The molecule has 1 atom stereocenters. The van der Waals surface area contributed by atoms with Gasteiger partial charge in [0.2, 0.25) is 10.0 Å². The second kappa shape index (κ2) is 6.76. The Hall–Kier alpha value is -2.15. The molecule has 0 bridgehead atoms. The van der Waals surface area contributed by atoms with E-state index in [1.54, 1.807) is 24.5 Å². The van der Waals surface area contributed by atoms with Crippen molar-refractivity contribution in [1.29, 1.82) is 0 Å². The summed E-state index contributed by atoms with van der Waals surface area (Å²) in [5, 5.41) is 1.91. The van der Waals surface area contributed by atoms with Gasteiger partial charge in [-0.25, -0.2) is 13.1 Å². The van der Waals surface area contributed by atoms with Crippen LogP contribution in [0.3, 0.4) is 0 Å². The van der Waals surface area contributed by atoms with E-state index in [-0.39, 0.29) is 17.5 Å². The number of furan rings is 1. The summed E-state index contributed by atoms with van der Waals surface area (Å²) < 4.78 is 33.3. The molecule has 3 rings (SSSR count). The molecule has 1 heterocycles. The van der Waals surface area contributed by atoms with Crippen LogP contribution in [0.15, 0.2) is 70.2 Å². The van der Waals surface area contributed by atoms with Crippen LogP contribution in [0.1, 0.15) is 11.8 Å². The van der Waals surface area contributed by atoms with E-state index in [4.69, 9.17) is 4.42 Å². The molecule has 0 unspecified atom stereocenters. The summed E-state index contributed by atoms with van der Waals surface area (Å²) in [5.41, 5.74) is 0. The molecule has 0 saturated carbocycles. The molecule has 0 saturated heterocycles. The maximum atomic E-state index is 12.6. The molecular formula is C18H20N2O3S. The van der Waals surface area contributed by atoms with Gasteiger partial charge in [0, 0.05) is 6.54 Å². The van der Waals surface area contributed by atoms with Crippen molar-refractivity contribution in [2.75, 3.05) is 20.6 Å². The lowest BCUT2D eigenvalue weighted by Crippen LogP contribution is -2.34. The summed E-state index contributed by atoms with van der Waals surface area (Å²) in [6, 6.07) is 16.3. The Morgan fingerprint density at radius 1 is 1.04 bits per heavy atom. The molecule has 0 fully saturated rings. The summed E-state index contributed by atoms with van der Waals surface area (Å²) in [6.07, 6.45) is 1.59. The first kappa shape index (κ1) is 16.7. The molecule has 0 radical (unpaired) electrons. The normalized spacial score (nSPS) is 13.5. The van der Waals surface area contributed by atoms with Crippen LogP contribution >= 0.6 is 0 Å². The van der Waals surface area contributed by atoms with E-state index in [0.29, 0.717) is 0 Å². The smallest absolute Gasteiger partial charge is 0.240 e. The third-order valence-corrected chi connectivity index (χ3v) is 5.41. The Kier molecular flexibility index (Phi) is 4.71. The van der Waals surface area contributed by atoms with Gasteiger partial charge in [-0.3, -0.25) is 4.90 Å². The van der Waals surface area contributed by atoms with Crippen LogP contribution in [0, 0.1) is 0 Å². The zero-order valence-corrected chi connectivity index (χ0v) is 14.5. The van der Waals surface area contributed by atoms with Gasteiger partial charge >= 0.3 is 0 Å². The number of rotatable bonds is 6. The maximum absolute atomic E-state index is 12.6. The lowest BCUT2D eigenvalue weighted by molar-refractivity contribution is 0.259. The molecule has 0 spiro atoms. The predicted molar refractivity (Wildman–Crippen MR) is 94.3 cm³/mol. The third kappa shape index (κ3) is 3.51. The van der Waals surface area contributed by atoms with Crippen LogP contribution in [-0.2, 0) is 10.0 Å². The summed E-state index contributed by atoms with van der Waals surface area (Å²) in [5.74, 6) is 0.723. The molecule has 0 aliphatic carbocycles. The van der Waals surface area contributed by atoms with Crippen LogP contribution in [0.4, 0.5) is 0 Å². The topological polar surface area (TPSA) is 62.6 Å². The zero-order chi connectivity index (χ0) is 17.2. The quantitative estimate of drug-likeness (QED) is 0.747. The molecule has 5 nitrogen and oxygen atoms in total. The highest BCUT2D eigenvalue weighted by Gasteiger charge is 2.21. The fraction of sp³-hybridized carbons (Fsp3) is 0.222. The summed E-state index contributed by atoms with van der Waals surface area (Å²) in [6.45, 7) is 0.232. The average molecular weight is 344 g/mol. The maximum Gasteiger partial charge on any atom is 0.240 e. The van der Waals surface area contributed by atoms with E-state index in [9.17, 15) is 8.42 Å². The first-order chi connectivity index (χ1) is 11.5. The molecule has 2 aromatic carbocycles. The van der Waals surface area contributed by atoms with Gasteiger partial charge in [0.15, 0.2) is 0 Å². The summed E-state index contributed by atoms with van der Waals surface area (Å²) in [7, 11) is 0.183. The fourth-order valence-corrected chi connectivity index (χ4v) is 3.70. The zero-order valence-electron chi connectivity index (χ0n) is 13.6.